The second-order valence-electron chi connectivity index (χ2n) is 9.75. The average molecular weight is 570 g/mol. The Kier molecular flexibility index (Phi) is 5.72. The Morgan fingerprint density at radius 1 is 1.05 bits per heavy atom. The minimum absolute atomic E-state index is 0.0803. The molecule has 12 heteroatoms. The number of morpholine rings is 1. The van der Waals surface area contributed by atoms with E-state index in [-0.39, 0.29) is 24.6 Å². The summed E-state index contributed by atoms with van der Waals surface area (Å²) in [6, 6.07) is 13.2. The maximum atomic E-state index is 13.6. The number of hydrazine groups is 1. The van der Waals surface area contributed by atoms with Crippen LogP contribution in [0.1, 0.15) is 17.2 Å². The fourth-order valence-corrected chi connectivity index (χ4v) is 6.90. The molecule has 0 spiro atoms. The zero-order valence-corrected chi connectivity index (χ0v) is 21.5. The number of fused-ring (bicyclic) bond motifs is 7. The van der Waals surface area contributed by atoms with Crippen LogP contribution in [0.2, 0.25) is 0 Å². The molecule has 4 aliphatic rings. The highest BCUT2D eigenvalue weighted by atomic mass is 32.1. The third kappa shape index (κ3) is 3.82. The molecule has 2 N–H and O–H groups in total. The van der Waals surface area contributed by atoms with Crippen LogP contribution >= 0.6 is 11.3 Å². The van der Waals surface area contributed by atoms with Crippen molar-refractivity contribution in [1.82, 2.24) is 14.9 Å². The molecule has 0 bridgehead atoms. The molecule has 3 atom stereocenters. The Bertz CT molecular complexity index is 1590. The maximum absolute atomic E-state index is 13.6. The van der Waals surface area contributed by atoms with E-state index in [1.807, 2.05) is 40.7 Å². The number of aliphatic hydroxyl groups excluding tert-OH is 2. The molecule has 3 aliphatic heterocycles. The minimum atomic E-state index is -4.86. The van der Waals surface area contributed by atoms with Gasteiger partial charge in [-0.2, -0.15) is 5.01 Å². The van der Waals surface area contributed by atoms with Crippen LogP contribution in [0.3, 0.4) is 0 Å². The van der Waals surface area contributed by atoms with Crippen LogP contribution in [0.4, 0.5) is 13.2 Å². The van der Waals surface area contributed by atoms with E-state index in [0.29, 0.717) is 17.7 Å². The fraction of sp³-hybridized carbons (Fsp3) is 0.250. The molecule has 2 saturated heterocycles. The second kappa shape index (κ2) is 9.10. The summed E-state index contributed by atoms with van der Waals surface area (Å²) in [5, 5.41) is 26.5. The average Bonchev–Trinajstić information content (AvgIpc) is 3.38. The number of carbonyl (C=O) groups excluding carboxylic acids is 1. The Morgan fingerprint density at radius 2 is 1.85 bits per heavy atom. The topological polar surface area (TPSA) is 85.7 Å². The van der Waals surface area contributed by atoms with Gasteiger partial charge in [0.15, 0.2) is 11.5 Å². The van der Waals surface area contributed by atoms with Gasteiger partial charge < -0.3 is 24.6 Å². The number of carbonyl (C=O) groups is 1. The van der Waals surface area contributed by atoms with Crippen LogP contribution in [0, 0.1) is 0 Å². The lowest BCUT2D eigenvalue weighted by Crippen LogP contribution is -2.67. The normalized spacial score (nSPS) is 24.1. The molecular formula is C28H22F3N3O5S. The molecule has 2 fully saturated rings. The van der Waals surface area contributed by atoms with Crippen LogP contribution in [0.5, 0.6) is 5.75 Å². The minimum Gasteiger partial charge on any atom is -0.507 e. The van der Waals surface area contributed by atoms with Gasteiger partial charge in [0.1, 0.15) is 18.0 Å². The van der Waals surface area contributed by atoms with Gasteiger partial charge in [0.05, 0.1) is 19.3 Å². The Morgan fingerprint density at radius 3 is 2.67 bits per heavy atom. The zero-order valence-electron chi connectivity index (χ0n) is 20.7. The number of rotatable bonds is 2. The van der Waals surface area contributed by atoms with E-state index < -0.39 is 36.3 Å². The van der Waals surface area contributed by atoms with Gasteiger partial charge in [-0.25, -0.2) is 0 Å². The summed E-state index contributed by atoms with van der Waals surface area (Å²) in [4.78, 5) is 16.1. The molecule has 7 rings (SSSR count). The van der Waals surface area contributed by atoms with E-state index in [9.17, 15) is 28.2 Å². The lowest BCUT2D eigenvalue weighted by Gasteiger charge is -2.55. The van der Waals surface area contributed by atoms with Crippen molar-refractivity contribution in [1.29, 1.82) is 0 Å². The molecule has 0 saturated carbocycles. The maximum Gasteiger partial charge on any atom is 0.573 e. The molecule has 1 amide bonds. The summed E-state index contributed by atoms with van der Waals surface area (Å²) < 4.78 is 49.7. The molecule has 206 valence electrons. The number of nitrogens with zero attached hydrogens (tertiary/aromatic N) is 3. The van der Waals surface area contributed by atoms with Crippen molar-refractivity contribution in [2.24, 2.45) is 0 Å². The smallest absolute Gasteiger partial charge is 0.507 e. The van der Waals surface area contributed by atoms with Crippen molar-refractivity contribution >= 4 is 17.2 Å². The SMILES string of the molecule is O=C1C2=C(O)C(O)C=CN2N([C@@H]2c3ccc(OC(F)(F)F)cc3-c3ccsc3-c3ccccc32)[C@@H]2COCCN12. The summed E-state index contributed by atoms with van der Waals surface area (Å²) in [6.07, 6.45) is -3.90. The monoisotopic (exact) mass is 569 g/mol. The lowest BCUT2D eigenvalue weighted by atomic mass is 9.91. The number of hydrogen-bond donors (Lipinski definition) is 2. The fourth-order valence-electron chi connectivity index (χ4n) is 5.94. The number of aliphatic hydroxyl groups is 2. The third-order valence-electron chi connectivity index (χ3n) is 7.56. The first-order valence-corrected chi connectivity index (χ1v) is 13.4. The molecule has 1 aromatic heterocycles. The quantitative estimate of drug-likeness (QED) is 0.461. The molecule has 3 aromatic rings. The molecule has 8 nitrogen and oxygen atoms in total. The van der Waals surface area contributed by atoms with Gasteiger partial charge in [-0.15, -0.1) is 24.5 Å². The van der Waals surface area contributed by atoms with Crippen molar-refractivity contribution in [3.8, 4) is 27.3 Å². The number of alkyl halides is 3. The highest BCUT2D eigenvalue weighted by molar-refractivity contribution is 7.14. The van der Waals surface area contributed by atoms with Crippen LogP contribution in [0.15, 0.2) is 77.6 Å². The second-order valence-corrected chi connectivity index (χ2v) is 10.7. The highest BCUT2D eigenvalue weighted by Crippen LogP contribution is 2.52. The Hall–Kier alpha value is -3.84. The largest absolute Gasteiger partial charge is 0.573 e. The Balaban J connectivity index is 1.49. The molecule has 1 unspecified atom stereocenters. The summed E-state index contributed by atoms with van der Waals surface area (Å²) in [5.41, 5.74) is 3.65. The van der Waals surface area contributed by atoms with Crippen molar-refractivity contribution < 1.29 is 37.7 Å². The van der Waals surface area contributed by atoms with Crippen molar-refractivity contribution in [3.63, 3.8) is 0 Å². The van der Waals surface area contributed by atoms with E-state index in [1.165, 1.54) is 40.8 Å². The highest BCUT2D eigenvalue weighted by Gasteiger charge is 2.50. The van der Waals surface area contributed by atoms with E-state index in [4.69, 9.17) is 4.74 Å². The molecular weight excluding hydrogens is 547 g/mol. The zero-order chi connectivity index (χ0) is 27.8. The van der Waals surface area contributed by atoms with E-state index in [2.05, 4.69) is 4.74 Å². The number of halogens is 3. The summed E-state index contributed by atoms with van der Waals surface area (Å²) >= 11 is 1.48. The molecule has 1 aliphatic carbocycles. The molecule has 2 aromatic carbocycles. The number of ether oxygens (including phenoxy) is 2. The van der Waals surface area contributed by atoms with Gasteiger partial charge in [0, 0.05) is 23.2 Å². The van der Waals surface area contributed by atoms with Crippen LogP contribution in [-0.4, -0.2) is 69.4 Å². The lowest BCUT2D eigenvalue weighted by molar-refractivity contribution is -0.274. The number of amides is 1. The molecule has 4 heterocycles. The van der Waals surface area contributed by atoms with E-state index >= 15 is 0 Å². The van der Waals surface area contributed by atoms with Gasteiger partial charge in [0.2, 0.25) is 0 Å². The van der Waals surface area contributed by atoms with E-state index in [0.717, 1.165) is 21.6 Å². The van der Waals surface area contributed by atoms with Gasteiger partial charge >= 0.3 is 6.36 Å². The van der Waals surface area contributed by atoms with Crippen LogP contribution in [-0.2, 0) is 9.53 Å². The summed E-state index contributed by atoms with van der Waals surface area (Å²) in [7, 11) is 0. The first-order chi connectivity index (χ1) is 19.2. The summed E-state index contributed by atoms with van der Waals surface area (Å²) in [5.74, 6) is -1.26. The predicted molar refractivity (Wildman–Crippen MR) is 139 cm³/mol. The molecule has 40 heavy (non-hydrogen) atoms. The van der Waals surface area contributed by atoms with Crippen molar-refractivity contribution in [3.05, 3.63) is 88.8 Å². The van der Waals surface area contributed by atoms with Gasteiger partial charge in [0.25, 0.3) is 5.91 Å². The number of thiophene rings is 1. The predicted octanol–water partition coefficient (Wildman–Crippen LogP) is 4.76. The number of benzene rings is 2. The molecule has 0 radical (unpaired) electrons. The van der Waals surface area contributed by atoms with Crippen LogP contribution < -0.4 is 4.74 Å². The standard InChI is InChI=1S/C28H22F3N3O5S/c29-28(30,31)39-15-5-6-17-20(13-15)19-8-12-40-26(19)18-4-2-1-3-16(18)23(17)34-22-14-38-11-10-32(22)27(37)24-25(36)21(35)7-9-33(24)34/h1-9,12-13,21-23,35-36H,10-11,14H2/t21?,22-,23+/m1/s1. The van der Waals surface area contributed by atoms with Gasteiger partial charge in [-0.05, 0) is 51.9 Å². The first-order valence-electron chi connectivity index (χ1n) is 12.6. The number of hydrogen-bond acceptors (Lipinski definition) is 8. The first kappa shape index (κ1) is 25.1. The van der Waals surface area contributed by atoms with E-state index in [1.54, 1.807) is 11.0 Å². The Labute approximate surface area is 230 Å². The third-order valence-corrected chi connectivity index (χ3v) is 8.50. The van der Waals surface area contributed by atoms with Crippen LogP contribution in [0.25, 0.3) is 21.6 Å². The van der Waals surface area contributed by atoms with Crippen molar-refractivity contribution in [2.75, 3.05) is 19.8 Å². The summed E-state index contributed by atoms with van der Waals surface area (Å²) in [6.45, 7) is 0.727. The van der Waals surface area contributed by atoms with Crippen molar-refractivity contribution in [2.45, 2.75) is 24.7 Å². The van der Waals surface area contributed by atoms with Gasteiger partial charge in [-0.1, -0.05) is 30.3 Å². The van der Waals surface area contributed by atoms with Gasteiger partial charge in [-0.3, -0.25) is 9.80 Å².